The highest BCUT2D eigenvalue weighted by Crippen LogP contribution is 2.14. The molecular formula is C12H16FN3O. The Balaban J connectivity index is 2.05. The average molecular weight is 237 g/mol. The molecule has 2 N–H and O–H groups in total. The summed E-state index contributed by atoms with van der Waals surface area (Å²) in [6.07, 6.45) is 0. The zero-order valence-electron chi connectivity index (χ0n) is 9.74. The number of amides is 1. The van der Waals surface area contributed by atoms with Gasteiger partial charge in [-0.15, -0.1) is 0 Å². The van der Waals surface area contributed by atoms with Gasteiger partial charge in [0.1, 0.15) is 5.82 Å². The predicted molar refractivity (Wildman–Crippen MR) is 64.5 cm³/mol. The van der Waals surface area contributed by atoms with Crippen LogP contribution in [-0.4, -0.2) is 38.6 Å². The number of benzene rings is 1. The molecule has 1 atom stereocenters. The van der Waals surface area contributed by atoms with E-state index in [4.69, 9.17) is 0 Å². The van der Waals surface area contributed by atoms with Crippen molar-refractivity contribution < 1.29 is 9.18 Å². The maximum atomic E-state index is 12.8. The molecule has 4 nitrogen and oxygen atoms in total. The molecule has 1 unspecified atom stereocenters. The maximum absolute atomic E-state index is 12.8. The molecule has 0 saturated carbocycles. The van der Waals surface area contributed by atoms with Crippen molar-refractivity contribution in [2.75, 3.05) is 31.6 Å². The molecule has 1 saturated heterocycles. The zero-order chi connectivity index (χ0) is 12.3. The van der Waals surface area contributed by atoms with Crippen LogP contribution in [0.2, 0.25) is 0 Å². The molecule has 0 aliphatic carbocycles. The van der Waals surface area contributed by atoms with E-state index in [0.717, 1.165) is 13.1 Å². The van der Waals surface area contributed by atoms with Crippen LogP contribution in [-0.2, 0) is 4.79 Å². The van der Waals surface area contributed by atoms with E-state index in [1.54, 1.807) is 24.1 Å². The summed E-state index contributed by atoms with van der Waals surface area (Å²) in [7, 11) is 1.70. The van der Waals surface area contributed by atoms with Gasteiger partial charge in [-0.25, -0.2) is 4.39 Å². The molecule has 1 aliphatic rings. The molecule has 0 bridgehead atoms. The molecule has 0 radical (unpaired) electrons. The van der Waals surface area contributed by atoms with Gasteiger partial charge < -0.3 is 15.5 Å². The fourth-order valence-electron chi connectivity index (χ4n) is 1.85. The molecule has 2 rings (SSSR count). The summed E-state index contributed by atoms with van der Waals surface area (Å²) in [5.74, 6) is -0.309. The van der Waals surface area contributed by atoms with Crippen molar-refractivity contribution in [3.8, 4) is 0 Å². The first kappa shape index (κ1) is 12.0. The molecule has 5 heteroatoms. The highest BCUT2D eigenvalue weighted by molar-refractivity contribution is 5.96. The van der Waals surface area contributed by atoms with Crippen molar-refractivity contribution in [2.45, 2.75) is 6.04 Å². The Morgan fingerprint density at radius 3 is 2.65 bits per heavy atom. The second-order valence-corrected chi connectivity index (χ2v) is 4.08. The number of anilines is 1. The van der Waals surface area contributed by atoms with Crippen molar-refractivity contribution in [3.63, 3.8) is 0 Å². The Hall–Kier alpha value is -1.46. The van der Waals surface area contributed by atoms with E-state index in [1.807, 2.05) is 0 Å². The zero-order valence-corrected chi connectivity index (χ0v) is 9.74. The van der Waals surface area contributed by atoms with Crippen molar-refractivity contribution in [1.29, 1.82) is 0 Å². The SMILES string of the molecule is CN(C(=O)C1CNCCN1)c1ccc(F)cc1. The van der Waals surface area contributed by atoms with Crippen LogP contribution in [0.1, 0.15) is 0 Å². The highest BCUT2D eigenvalue weighted by Gasteiger charge is 2.24. The largest absolute Gasteiger partial charge is 0.314 e. The van der Waals surface area contributed by atoms with Gasteiger partial charge in [0, 0.05) is 32.4 Å². The quantitative estimate of drug-likeness (QED) is 0.780. The summed E-state index contributed by atoms with van der Waals surface area (Å²) in [6, 6.07) is 5.70. The smallest absolute Gasteiger partial charge is 0.245 e. The summed E-state index contributed by atoms with van der Waals surface area (Å²) in [5, 5.41) is 6.31. The third-order valence-electron chi connectivity index (χ3n) is 2.88. The minimum absolute atomic E-state index is 0.0104. The minimum atomic E-state index is -0.299. The number of piperazine rings is 1. The van der Waals surface area contributed by atoms with E-state index >= 15 is 0 Å². The molecule has 0 aromatic heterocycles. The van der Waals surface area contributed by atoms with E-state index in [0.29, 0.717) is 12.2 Å². The number of carbonyl (C=O) groups is 1. The van der Waals surface area contributed by atoms with Gasteiger partial charge in [0.05, 0.1) is 6.04 Å². The fourth-order valence-corrected chi connectivity index (χ4v) is 1.85. The Labute approximate surface area is 99.8 Å². The Bertz CT molecular complexity index is 387. The number of nitrogens with zero attached hydrogens (tertiary/aromatic N) is 1. The Morgan fingerprint density at radius 1 is 1.35 bits per heavy atom. The number of halogens is 1. The number of carbonyl (C=O) groups excluding carboxylic acids is 1. The molecule has 1 amide bonds. The van der Waals surface area contributed by atoms with Crippen LogP contribution in [0.15, 0.2) is 24.3 Å². The van der Waals surface area contributed by atoms with E-state index in [1.165, 1.54) is 12.1 Å². The van der Waals surface area contributed by atoms with Gasteiger partial charge in [-0.1, -0.05) is 0 Å². The molecular weight excluding hydrogens is 221 g/mol. The molecule has 1 aromatic rings. The second-order valence-electron chi connectivity index (χ2n) is 4.08. The van der Waals surface area contributed by atoms with E-state index in [-0.39, 0.29) is 17.8 Å². The van der Waals surface area contributed by atoms with Crippen molar-refractivity contribution in [3.05, 3.63) is 30.1 Å². The monoisotopic (exact) mass is 237 g/mol. The normalized spacial score (nSPS) is 20.0. The van der Waals surface area contributed by atoms with E-state index < -0.39 is 0 Å². The van der Waals surface area contributed by atoms with Gasteiger partial charge >= 0.3 is 0 Å². The predicted octanol–water partition coefficient (Wildman–Crippen LogP) is 0.350. The average Bonchev–Trinajstić information content (AvgIpc) is 2.39. The lowest BCUT2D eigenvalue weighted by atomic mass is 10.2. The Kier molecular flexibility index (Phi) is 3.71. The lowest BCUT2D eigenvalue weighted by Gasteiger charge is -2.28. The lowest BCUT2D eigenvalue weighted by molar-refractivity contribution is -0.120. The molecule has 1 heterocycles. The summed E-state index contributed by atoms with van der Waals surface area (Å²) in [4.78, 5) is 13.7. The fraction of sp³-hybridized carbons (Fsp3) is 0.417. The van der Waals surface area contributed by atoms with Crippen LogP contribution < -0.4 is 15.5 Å². The number of likely N-dealkylation sites (N-methyl/N-ethyl adjacent to an activating group) is 1. The van der Waals surface area contributed by atoms with Crippen LogP contribution in [0.4, 0.5) is 10.1 Å². The van der Waals surface area contributed by atoms with Gasteiger partial charge in [0.2, 0.25) is 5.91 Å². The molecule has 1 aromatic carbocycles. The van der Waals surface area contributed by atoms with Crippen LogP contribution in [0.25, 0.3) is 0 Å². The van der Waals surface area contributed by atoms with Gasteiger partial charge in [-0.3, -0.25) is 4.79 Å². The number of rotatable bonds is 2. The third-order valence-corrected chi connectivity index (χ3v) is 2.88. The highest BCUT2D eigenvalue weighted by atomic mass is 19.1. The first-order chi connectivity index (χ1) is 8.18. The standard InChI is InChI=1S/C12H16FN3O/c1-16(10-4-2-9(13)3-5-10)12(17)11-8-14-6-7-15-11/h2-5,11,14-15H,6-8H2,1H3. The van der Waals surface area contributed by atoms with E-state index in [9.17, 15) is 9.18 Å². The van der Waals surface area contributed by atoms with Gasteiger partial charge in [0.25, 0.3) is 0 Å². The number of nitrogens with one attached hydrogen (secondary N) is 2. The van der Waals surface area contributed by atoms with Crippen molar-refractivity contribution in [2.24, 2.45) is 0 Å². The maximum Gasteiger partial charge on any atom is 0.245 e. The second kappa shape index (κ2) is 5.25. The van der Waals surface area contributed by atoms with Crippen LogP contribution in [0, 0.1) is 5.82 Å². The summed E-state index contributed by atoms with van der Waals surface area (Å²) in [5.41, 5.74) is 0.698. The lowest BCUT2D eigenvalue weighted by Crippen LogP contribution is -2.56. The van der Waals surface area contributed by atoms with Gasteiger partial charge in [-0.2, -0.15) is 0 Å². The minimum Gasteiger partial charge on any atom is -0.314 e. The van der Waals surface area contributed by atoms with Crippen LogP contribution in [0.5, 0.6) is 0 Å². The molecule has 1 aliphatic heterocycles. The first-order valence-corrected chi connectivity index (χ1v) is 5.66. The van der Waals surface area contributed by atoms with E-state index in [2.05, 4.69) is 10.6 Å². The number of hydrogen-bond donors (Lipinski definition) is 2. The molecule has 0 spiro atoms. The third kappa shape index (κ3) is 2.81. The first-order valence-electron chi connectivity index (χ1n) is 5.66. The van der Waals surface area contributed by atoms with Crippen molar-refractivity contribution >= 4 is 11.6 Å². The Morgan fingerprint density at radius 2 is 2.06 bits per heavy atom. The van der Waals surface area contributed by atoms with Crippen LogP contribution >= 0.6 is 0 Å². The topological polar surface area (TPSA) is 44.4 Å². The van der Waals surface area contributed by atoms with Crippen molar-refractivity contribution in [1.82, 2.24) is 10.6 Å². The summed E-state index contributed by atoms with van der Waals surface area (Å²) >= 11 is 0. The van der Waals surface area contributed by atoms with Crippen LogP contribution in [0.3, 0.4) is 0 Å². The number of hydrogen-bond acceptors (Lipinski definition) is 3. The summed E-state index contributed by atoms with van der Waals surface area (Å²) < 4.78 is 12.8. The molecule has 17 heavy (non-hydrogen) atoms. The van der Waals surface area contributed by atoms with Gasteiger partial charge in [0.15, 0.2) is 0 Å². The molecule has 1 fully saturated rings. The summed E-state index contributed by atoms with van der Waals surface area (Å²) in [6.45, 7) is 2.29. The van der Waals surface area contributed by atoms with Gasteiger partial charge in [-0.05, 0) is 24.3 Å². The molecule has 92 valence electrons.